The molecular formula is C9H5F3N2O3. The van der Waals surface area contributed by atoms with Crippen molar-refractivity contribution >= 4 is 16.9 Å². The number of fused-ring (bicyclic) bond motifs is 1. The first-order valence-corrected chi connectivity index (χ1v) is 4.38. The van der Waals surface area contributed by atoms with Crippen LogP contribution in [0.25, 0.3) is 10.9 Å². The SMILES string of the molecule is O=C(On1ccc2[nH]ccc2c1=O)C(F)(F)F. The summed E-state index contributed by atoms with van der Waals surface area (Å²) in [5.41, 5.74) is -0.407. The van der Waals surface area contributed by atoms with Gasteiger partial charge in [-0.1, -0.05) is 0 Å². The van der Waals surface area contributed by atoms with Crippen molar-refractivity contribution in [3.05, 3.63) is 34.9 Å². The smallest absolute Gasteiger partial charge is 0.361 e. The number of hydrogen-bond acceptors (Lipinski definition) is 3. The number of nitrogens with zero attached hydrogens (tertiary/aromatic N) is 1. The fourth-order valence-corrected chi connectivity index (χ4v) is 1.25. The molecule has 0 fully saturated rings. The zero-order chi connectivity index (χ0) is 12.6. The van der Waals surface area contributed by atoms with Crippen molar-refractivity contribution in [2.45, 2.75) is 6.18 Å². The van der Waals surface area contributed by atoms with E-state index in [4.69, 9.17) is 0 Å². The van der Waals surface area contributed by atoms with Crippen LogP contribution in [0.1, 0.15) is 0 Å². The lowest BCUT2D eigenvalue weighted by Gasteiger charge is -2.07. The third-order valence-corrected chi connectivity index (χ3v) is 2.00. The van der Waals surface area contributed by atoms with Gasteiger partial charge in [-0.05, 0) is 12.1 Å². The molecule has 0 atom stereocenters. The molecule has 0 bridgehead atoms. The summed E-state index contributed by atoms with van der Waals surface area (Å²) in [6.07, 6.45) is -2.76. The molecule has 2 aromatic heterocycles. The van der Waals surface area contributed by atoms with Crippen LogP contribution in [0.3, 0.4) is 0 Å². The Balaban J connectivity index is 2.40. The monoisotopic (exact) mass is 246 g/mol. The third-order valence-electron chi connectivity index (χ3n) is 2.00. The lowest BCUT2D eigenvalue weighted by molar-refractivity contribution is -0.200. The molecule has 0 aliphatic carbocycles. The van der Waals surface area contributed by atoms with Crippen LogP contribution < -0.4 is 10.4 Å². The van der Waals surface area contributed by atoms with E-state index in [9.17, 15) is 22.8 Å². The van der Waals surface area contributed by atoms with Gasteiger partial charge in [-0.25, -0.2) is 4.79 Å². The summed E-state index contributed by atoms with van der Waals surface area (Å²) in [7, 11) is 0. The van der Waals surface area contributed by atoms with E-state index in [0.29, 0.717) is 5.52 Å². The van der Waals surface area contributed by atoms with Crippen LogP contribution in [-0.2, 0) is 4.79 Å². The first-order valence-electron chi connectivity index (χ1n) is 4.38. The number of H-pyrrole nitrogens is 1. The normalized spacial score (nSPS) is 11.7. The van der Waals surface area contributed by atoms with E-state index in [2.05, 4.69) is 9.82 Å². The largest absolute Gasteiger partial charge is 0.493 e. The molecule has 90 valence electrons. The number of aromatic nitrogens is 2. The number of carbonyl (C=O) groups is 1. The highest BCUT2D eigenvalue weighted by atomic mass is 19.4. The van der Waals surface area contributed by atoms with Gasteiger partial charge >= 0.3 is 12.1 Å². The Morgan fingerprint density at radius 1 is 1.35 bits per heavy atom. The van der Waals surface area contributed by atoms with E-state index in [1.54, 1.807) is 0 Å². The van der Waals surface area contributed by atoms with Crippen LogP contribution in [-0.4, -0.2) is 21.9 Å². The average Bonchev–Trinajstić information content (AvgIpc) is 2.69. The Labute approximate surface area is 91.4 Å². The summed E-state index contributed by atoms with van der Waals surface area (Å²) >= 11 is 0. The predicted octanol–water partition coefficient (Wildman–Crippen LogP) is 0.847. The van der Waals surface area contributed by atoms with E-state index in [1.807, 2.05) is 0 Å². The second kappa shape index (κ2) is 3.65. The Morgan fingerprint density at radius 3 is 2.71 bits per heavy atom. The number of rotatable bonds is 1. The number of alkyl halides is 3. The summed E-state index contributed by atoms with van der Waals surface area (Å²) in [6, 6.07) is 2.69. The van der Waals surface area contributed by atoms with E-state index in [0.717, 1.165) is 6.20 Å². The second-order valence-corrected chi connectivity index (χ2v) is 3.13. The highest BCUT2D eigenvalue weighted by Gasteiger charge is 2.42. The highest BCUT2D eigenvalue weighted by molar-refractivity contribution is 5.78. The summed E-state index contributed by atoms with van der Waals surface area (Å²) in [6.45, 7) is 0. The topological polar surface area (TPSA) is 64.1 Å². The molecule has 0 amide bonds. The van der Waals surface area contributed by atoms with Crippen LogP contribution in [0.2, 0.25) is 0 Å². The standard InChI is InChI=1S/C9H5F3N2O3/c10-9(11,12)8(16)17-14-4-2-6-5(7(14)15)1-3-13-6/h1-4,13H. The van der Waals surface area contributed by atoms with Gasteiger partial charge in [-0.15, -0.1) is 4.73 Å². The van der Waals surface area contributed by atoms with E-state index in [-0.39, 0.29) is 10.1 Å². The quantitative estimate of drug-likeness (QED) is 0.811. The van der Waals surface area contributed by atoms with Crippen molar-refractivity contribution < 1.29 is 22.8 Å². The third kappa shape index (κ3) is 2.01. The van der Waals surface area contributed by atoms with Gasteiger partial charge in [-0.2, -0.15) is 13.2 Å². The molecule has 0 aliphatic rings. The van der Waals surface area contributed by atoms with Crippen molar-refractivity contribution in [2.75, 3.05) is 0 Å². The zero-order valence-electron chi connectivity index (χ0n) is 8.12. The van der Waals surface area contributed by atoms with Crippen LogP contribution in [0.15, 0.2) is 29.3 Å². The Hall–Kier alpha value is -2.25. The molecule has 0 unspecified atom stereocenters. The predicted molar refractivity (Wildman–Crippen MR) is 50.2 cm³/mol. The number of halogens is 3. The molecule has 1 N–H and O–H groups in total. The molecule has 8 heteroatoms. The zero-order valence-corrected chi connectivity index (χ0v) is 8.12. The van der Waals surface area contributed by atoms with Crippen LogP contribution in [0.5, 0.6) is 0 Å². The Morgan fingerprint density at radius 2 is 2.06 bits per heavy atom. The summed E-state index contributed by atoms with van der Waals surface area (Å²) in [4.78, 5) is 28.7. The Bertz CT molecular complexity index is 626. The van der Waals surface area contributed by atoms with Gasteiger partial charge in [0, 0.05) is 6.20 Å². The summed E-state index contributed by atoms with van der Waals surface area (Å²) < 4.78 is 36.0. The lowest BCUT2D eigenvalue weighted by Crippen LogP contribution is -2.37. The Kier molecular flexibility index (Phi) is 2.41. The minimum Gasteiger partial charge on any atom is -0.361 e. The van der Waals surface area contributed by atoms with Crippen LogP contribution in [0, 0.1) is 0 Å². The molecule has 2 aromatic rings. The minimum atomic E-state index is -5.15. The van der Waals surface area contributed by atoms with Crippen LogP contribution in [0.4, 0.5) is 13.2 Å². The maximum absolute atomic E-state index is 11.9. The van der Waals surface area contributed by atoms with Crippen molar-refractivity contribution in [2.24, 2.45) is 0 Å². The van der Waals surface area contributed by atoms with Gasteiger partial charge in [0.05, 0.1) is 17.1 Å². The van der Waals surface area contributed by atoms with Crippen LogP contribution >= 0.6 is 0 Å². The maximum Gasteiger partial charge on any atom is 0.493 e. The van der Waals surface area contributed by atoms with Gasteiger partial charge in [0.15, 0.2) is 0 Å². The minimum absolute atomic E-state index is 0.127. The van der Waals surface area contributed by atoms with Crippen molar-refractivity contribution in [1.29, 1.82) is 0 Å². The molecular weight excluding hydrogens is 241 g/mol. The molecule has 17 heavy (non-hydrogen) atoms. The summed E-state index contributed by atoms with van der Waals surface area (Å²) in [5, 5.41) is 0.127. The maximum atomic E-state index is 11.9. The lowest BCUT2D eigenvalue weighted by atomic mass is 10.3. The molecule has 0 aliphatic heterocycles. The number of hydrogen-bond donors (Lipinski definition) is 1. The molecule has 0 spiro atoms. The average molecular weight is 246 g/mol. The van der Waals surface area contributed by atoms with Crippen molar-refractivity contribution in [1.82, 2.24) is 9.71 Å². The molecule has 2 rings (SSSR count). The second-order valence-electron chi connectivity index (χ2n) is 3.13. The number of nitrogens with one attached hydrogen (secondary N) is 1. The van der Waals surface area contributed by atoms with Gasteiger partial charge in [-0.3, -0.25) is 4.79 Å². The van der Waals surface area contributed by atoms with Crippen molar-refractivity contribution in [3.63, 3.8) is 0 Å². The first-order chi connectivity index (χ1) is 7.89. The van der Waals surface area contributed by atoms with Gasteiger partial charge < -0.3 is 9.82 Å². The summed E-state index contributed by atoms with van der Waals surface area (Å²) in [5.74, 6) is -2.45. The fraction of sp³-hybridized carbons (Fsp3) is 0.111. The fourth-order valence-electron chi connectivity index (χ4n) is 1.25. The van der Waals surface area contributed by atoms with E-state index in [1.165, 1.54) is 18.3 Å². The molecule has 5 nitrogen and oxygen atoms in total. The van der Waals surface area contributed by atoms with E-state index < -0.39 is 17.7 Å². The highest BCUT2D eigenvalue weighted by Crippen LogP contribution is 2.15. The van der Waals surface area contributed by atoms with Gasteiger partial charge in [0.2, 0.25) is 0 Å². The van der Waals surface area contributed by atoms with E-state index >= 15 is 0 Å². The molecule has 0 radical (unpaired) electrons. The van der Waals surface area contributed by atoms with Gasteiger partial charge in [0.25, 0.3) is 5.56 Å². The number of pyridine rings is 1. The molecule has 0 aromatic carbocycles. The first kappa shape index (κ1) is 11.2. The van der Waals surface area contributed by atoms with Crippen molar-refractivity contribution in [3.8, 4) is 0 Å². The molecule has 0 saturated carbocycles. The molecule has 0 saturated heterocycles. The molecule has 2 heterocycles. The number of aromatic amines is 1. The number of carbonyl (C=O) groups excluding carboxylic acids is 1. The van der Waals surface area contributed by atoms with Gasteiger partial charge in [0.1, 0.15) is 0 Å².